The summed E-state index contributed by atoms with van der Waals surface area (Å²) >= 11 is 18.2. The fraction of sp³-hybridized carbons (Fsp3) is 0. The van der Waals surface area contributed by atoms with E-state index in [1.54, 1.807) is 12.1 Å². The number of hydrogen-bond donors (Lipinski definition) is 2. The molecule has 0 saturated carbocycles. The first kappa shape index (κ1) is 16.9. The molecule has 2 aromatic rings. The minimum atomic E-state index is -4.05. The minimum absolute atomic E-state index is 0.0134. The van der Waals surface area contributed by atoms with E-state index >= 15 is 0 Å². The molecule has 0 aliphatic heterocycles. The van der Waals surface area contributed by atoms with Crippen molar-refractivity contribution in [2.75, 3.05) is 4.72 Å². The highest BCUT2D eigenvalue weighted by Gasteiger charge is 2.23. The van der Waals surface area contributed by atoms with Crippen LogP contribution in [-0.2, 0) is 10.0 Å². The number of para-hydroxylation sites is 1. The van der Waals surface area contributed by atoms with E-state index in [4.69, 9.17) is 23.2 Å². The average Bonchev–Trinajstić information content (AvgIpc) is 2.33. The largest absolute Gasteiger partial charge is 0.505 e. The second-order valence-corrected chi connectivity index (χ2v) is 8.14. The first-order valence-electron chi connectivity index (χ1n) is 5.37. The van der Waals surface area contributed by atoms with Crippen molar-refractivity contribution in [3.63, 3.8) is 0 Å². The summed E-state index contributed by atoms with van der Waals surface area (Å²) in [6.45, 7) is 0. The molecule has 21 heavy (non-hydrogen) atoms. The zero-order chi connectivity index (χ0) is 15.8. The van der Waals surface area contributed by atoms with Crippen LogP contribution in [0.1, 0.15) is 0 Å². The molecule has 0 amide bonds. The molecule has 4 nitrogen and oxygen atoms in total. The summed E-state index contributed by atoms with van der Waals surface area (Å²) in [7, 11) is -4.05. The SMILES string of the molecule is O=S(=O)(Nc1cccc(Br)c1O)c1c(Cl)cc(Br)cc1Cl. The molecule has 0 radical (unpaired) electrons. The third-order valence-corrected chi connectivity index (χ3v) is 5.85. The molecule has 0 saturated heterocycles. The highest BCUT2D eigenvalue weighted by molar-refractivity contribution is 9.10. The minimum Gasteiger partial charge on any atom is -0.505 e. The quantitative estimate of drug-likeness (QED) is 0.612. The Morgan fingerprint density at radius 1 is 1.10 bits per heavy atom. The number of anilines is 1. The van der Waals surface area contributed by atoms with Crippen molar-refractivity contribution in [1.29, 1.82) is 0 Å². The standard InChI is InChI=1S/C12H7Br2Cl2NO3S/c13-6-4-8(15)12(9(16)5-6)21(19,20)17-10-3-1-2-7(14)11(10)18/h1-5,17-18H. The van der Waals surface area contributed by atoms with Crippen LogP contribution >= 0.6 is 55.1 Å². The van der Waals surface area contributed by atoms with Gasteiger partial charge in [0.05, 0.1) is 20.2 Å². The summed E-state index contributed by atoms with van der Waals surface area (Å²) in [4.78, 5) is -0.256. The van der Waals surface area contributed by atoms with Gasteiger partial charge in [0.15, 0.2) is 5.75 Å². The zero-order valence-electron chi connectivity index (χ0n) is 10.1. The maximum atomic E-state index is 12.4. The van der Waals surface area contributed by atoms with Crippen molar-refractivity contribution in [3.05, 3.63) is 49.3 Å². The van der Waals surface area contributed by atoms with Gasteiger partial charge in [0.25, 0.3) is 10.0 Å². The fourth-order valence-electron chi connectivity index (χ4n) is 1.58. The van der Waals surface area contributed by atoms with E-state index < -0.39 is 10.0 Å². The Kier molecular flexibility index (Phi) is 5.10. The van der Waals surface area contributed by atoms with Crippen molar-refractivity contribution in [2.24, 2.45) is 0 Å². The Labute approximate surface area is 148 Å². The summed E-state index contributed by atoms with van der Waals surface area (Å²) in [6, 6.07) is 7.41. The highest BCUT2D eigenvalue weighted by atomic mass is 79.9. The number of rotatable bonds is 3. The third-order valence-electron chi connectivity index (χ3n) is 2.46. The molecule has 0 aliphatic rings. The van der Waals surface area contributed by atoms with Gasteiger partial charge in [-0.3, -0.25) is 4.72 Å². The van der Waals surface area contributed by atoms with Gasteiger partial charge in [-0.15, -0.1) is 0 Å². The monoisotopic (exact) mass is 473 g/mol. The van der Waals surface area contributed by atoms with Gasteiger partial charge in [-0.25, -0.2) is 8.42 Å². The van der Waals surface area contributed by atoms with Crippen LogP contribution < -0.4 is 4.72 Å². The van der Waals surface area contributed by atoms with Crippen LogP contribution in [-0.4, -0.2) is 13.5 Å². The molecule has 2 rings (SSSR count). The van der Waals surface area contributed by atoms with Gasteiger partial charge in [0.1, 0.15) is 4.90 Å². The molecule has 2 aromatic carbocycles. The Hall–Kier alpha value is -0.470. The maximum Gasteiger partial charge on any atom is 0.265 e. The molecular formula is C12H7Br2Cl2NO3S. The zero-order valence-corrected chi connectivity index (χ0v) is 15.6. The normalized spacial score (nSPS) is 11.4. The van der Waals surface area contributed by atoms with Crippen molar-refractivity contribution in [1.82, 2.24) is 0 Å². The second-order valence-electron chi connectivity index (χ2n) is 3.94. The first-order chi connectivity index (χ1) is 9.72. The van der Waals surface area contributed by atoms with Gasteiger partial charge in [0.2, 0.25) is 0 Å². The fourth-order valence-corrected chi connectivity index (χ4v) is 4.95. The molecule has 0 spiro atoms. The van der Waals surface area contributed by atoms with Gasteiger partial charge < -0.3 is 5.11 Å². The van der Waals surface area contributed by atoms with E-state index in [2.05, 4.69) is 36.6 Å². The third kappa shape index (κ3) is 3.65. The van der Waals surface area contributed by atoms with E-state index in [1.165, 1.54) is 18.2 Å². The van der Waals surface area contributed by atoms with Crippen molar-refractivity contribution in [2.45, 2.75) is 4.90 Å². The summed E-state index contributed by atoms with van der Waals surface area (Å²) in [6.07, 6.45) is 0. The molecule has 112 valence electrons. The van der Waals surface area contributed by atoms with E-state index in [-0.39, 0.29) is 26.4 Å². The van der Waals surface area contributed by atoms with Crippen LogP contribution in [0.5, 0.6) is 5.75 Å². The van der Waals surface area contributed by atoms with Crippen molar-refractivity contribution in [3.8, 4) is 5.75 Å². The van der Waals surface area contributed by atoms with Gasteiger partial charge in [-0.2, -0.15) is 0 Å². The summed E-state index contributed by atoms with van der Waals surface area (Å²) in [5.41, 5.74) is 0.0134. The molecule has 0 heterocycles. The van der Waals surface area contributed by atoms with Crippen LogP contribution in [0.15, 0.2) is 44.2 Å². The van der Waals surface area contributed by atoms with Crippen molar-refractivity contribution >= 4 is 70.8 Å². The van der Waals surface area contributed by atoms with Crippen LogP contribution in [0.4, 0.5) is 5.69 Å². The number of halogens is 4. The highest BCUT2D eigenvalue weighted by Crippen LogP contribution is 2.37. The number of phenols is 1. The summed E-state index contributed by atoms with van der Waals surface area (Å²) in [5.74, 6) is -0.231. The number of hydrogen-bond acceptors (Lipinski definition) is 3. The van der Waals surface area contributed by atoms with E-state index in [9.17, 15) is 13.5 Å². The lowest BCUT2D eigenvalue weighted by Crippen LogP contribution is -2.14. The molecule has 9 heteroatoms. The van der Waals surface area contributed by atoms with Gasteiger partial charge in [-0.1, -0.05) is 45.2 Å². The Bertz CT molecular complexity index is 789. The predicted octanol–water partition coefficient (Wildman–Crippen LogP) is 5.02. The smallest absolute Gasteiger partial charge is 0.265 e. The van der Waals surface area contributed by atoms with Crippen molar-refractivity contribution < 1.29 is 13.5 Å². The Morgan fingerprint density at radius 3 is 2.24 bits per heavy atom. The maximum absolute atomic E-state index is 12.4. The number of sulfonamides is 1. The number of phenolic OH excluding ortho intramolecular Hbond substituents is 1. The summed E-state index contributed by atoms with van der Waals surface area (Å²) < 4.78 is 28.0. The van der Waals surface area contributed by atoms with Crippen LogP contribution in [0.2, 0.25) is 10.0 Å². The lowest BCUT2D eigenvalue weighted by Gasteiger charge is -2.13. The van der Waals surface area contributed by atoms with Crippen LogP contribution in [0.25, 0.3) is 0 Å². The molecule has 0 unspecified atom stereocenters. The van der Waals surface area contributed by atoms with E-state index in [0.717, 1.165) is 0 Å². The molecule has 0 bridgehead atoms. The first-order valence-corrected chi connectivity index (χ1v) is 9.19. The van der Waals surface area contributed by atoms with Crippen LogP contribution in [0.3, 0.4) is 0 Å². The summed E-state index contributed by atoms with van der Waals surface area (Å²) in [5, 5.41) is 9.78. The van der Waals surface area contributed by atoms with Gasteiger partial charge in [0, 0.05) is 4.47 Å². The lowest BCUT2D eigenvalue weighted by atomic mass is 10.3. The molecule has 0 fully saturated rings. The molecule has 0 aromatic heterocycles. The molecular weight excluding hydrogens is 469 g/mol. The number of aromatic hydroxyl groups is 1. The predicted molar refractivity (Wildman–Crippen MR) is 90.8 cm³/mol. The van der Waals surface area contributed by atoms with E-state index in [0.29, 0.717) is 8.95 Å². The van der Waals surface area contributed by atoms with Gasteiger partial charge in [-0.05, 0) is 40.2 Å². The number of nitrogens with one attached hydrogen (secondary N) is 1. The van der Waals surface area contributed by atoms with Crippen LogP contribution in [0, 0.1) is 0 Å². The molecule has 2 N–H and O–H groups in total. The topological polar surface area (TPSA) is 66.4 Å². The molecule has 0 aliphatic carbocycles. The van der Waals surface area contributed by atoms with Gasteiger partial charge >= 0.3 is 0 Å². The van der Waals surface area contributed by atoms with E-state index in [1.807, 2.05) is 0 Å². The Balaban J connectivity index is 2.51. The lowest BCUT2D eigenvalue weighted by molar-refractivity contribution is 0.474. The second kappa shape index (κ2) is 6.34. The average molecular weight is 476 g/mol. The Morgan fingerprint density at radius 2 is 1.67 bits per heavy atom. The molecule has 0 atom stereocenters. The number of benzene rings is 2.